The van der Waals surface area contributed by atoms with E-state index in [9.17, 15) is 0 Å². The largest absolute Gasteiger partial charge is 0.368 e. The fourth-order valence-corrected chi connectivity index (χ4v) is 2.49. The number of hydrogen-bond donors (Lipinski definition) is 1. The maximum absolute atomic E-state index is 4.37. The van der Waals surface area contributed by atoms with Gasteiger partial charge in [-0.1, -0.05) is 22.0 Å². The fraction of sp³-hybridized carbons (Fsp3) is 0.267. The highest BCUT2D eigenvalue weighted by atomic mass is 79.9. The average Bonchev–Trinajstić information content (AvgIpc) is 2.40. The molecule has 0 fully saturated rings. The minimum Gasteiger partial charge on any atom is -0.368 e. The van der Waals surface area contributed by atoms with Crippen molar-refractivity contribution >= 4 is 21.6 Å². The molecule has 0 bridgehead atoms. The highest BCUT2D eigenvalue weighted by Gasteiger charge is 2.08. The zero-order valence-corrected chi connectivity index (χ0v) is 12.8. The third-order valence-corrected chi connectivity index (χ3v) is 3.44. The summed E-state index contributed by atoms with van der Waals surface area (Å²) in [6, 6.07) is 12.4. The standard InChI is InChI=1S/C15H18BrN3/c1-17-10-12-9-13(16)6-7-15(12)19(2)11-14-5-3-4-8-18-14/h3-9,17H,10-11H2,1-2H3. The number of halogens is 1. The lowest BCUT2D eigenvalue weighted by Crippen LogP contribution is -2.20. The summed E-state index contributed by atoms with van der Waals surface area (Å²) in [5, 5.41) is 3.21. The number of aromatic nitrogens is 1. The maximum atomic E-state index is 4.37. The molecule has 2 rings (SSSR count). The van der Waals surface area contributed by atoms with Gasteiger partial charge < -0.3 is 10.2 Å². The topological polar surface area (TPSA) is 28.2 Å². The van der Waals surface area contributed by atoms with Crippen LogP contribution in [0.2, 0.25) is 0 Å². The van der Waals surface area contributed by atoms with Gasteiger partial charge in [0.2, 0.25) is 0 Å². The van der Waals surface area contributed by atoms with Crippen molar-refractivity contribution in [3.8, 4) is 0 Å². The second-order valence-electron chi connectivity index (χ2n) is 4.48. The van der Waals surface area contributed by atoms with Gasteiger partial charge in [-0.25, -0.2) is 0 Å². The normalized spacial score (nSPS) is 10.5. The summed E-state index contributed by atoms with van der Waals surface area (Å²) in [5.41, 5.74) is 3.57. The summed E-state index contributed by atoms with van der Waals surface area (Å²) in [6.45, 7) is 1.65. The van der Waals surface area contributed by atoms with Crippen LogP contribution >= 0.6 is 15.9 Å². The molecule has 0 atom stereocenters. The van der Waals surface area contributed by atoms with Crippen molar-refractivity contribution < 1.29 is 0 Å². The average molecular weight is 320 g/mol. The Morgan fingerprint density at radius 3 is 2.79 bits per heavy atom. The molecule has 0 aliphatic carbocycles. The molecule has 0 spiro atoms. The third-order valence-electron chi connectivity index (χ3n) is 2.95. The van der Waals surface area contributed by atoms with Gasteiger partial charge in [0.1, 0.15) is 0 Å². The van der Waals surface area contributed by atoms with Gasteiger partial charge in [-0.2, -0.15) is 0 Å². The number of nitrogens with zero attached hydrogens (tertiary/aromatic N) is 2. The summed E-state index contributed by atoms with van der Waals surface area (Å²) >= 11 is 3.52. The minimum atomic E-state index is 0.805. The van der Waals surface area contributed by atoms with Gasteiger partial charge in [0.05, 0.1) is 12.2 Å². The number of pyridine rings is 1. The van der Waals surface area contributed by atoms with Crippen LogP contribution in [-0.2, 0) is 13.1 Å². The molecule has 0 radical (unpaired) electrons. The summed E-state index contributed by atoms with van der Waals surface area (Å²) in [7, 11) is 4.06. The summed E-state index contributed by atoms with van der Waals surface area (Å²) < 4.78 is 1.10. The summed E-state index contributed by atoms with van der Waals surface area (Å²) in [4.78, 5) is 6.59. The van der Waals surface area contributed by atoms with Crippen LogP contribution in [-0.4, -0.2) is 19.1 Å². The Kier molecular flexibility index (Phi) is 4.93. The molecule has 1 aromatic carbocycles. The van der Waals surface area contributed by atoms with Crippen molar-refractivity contribution in [1.29, 1.82) is 0 Å². The van der Waals surface area contributed by atoms with Gasteiger partial charge in [0, 0.05) is 29.9 Å². The van der Waals surface area contributed by atoms with E-state index in [2.05, 4.69) is 56.4 Å². The molecule has 0 amide bonds. The van der Waals surface area contributed by atoms with Crippen molar-refractivity contribution in [3.05, 3.63) is 58.3 Å². The Hall–Kier alpha value is -1.39. The first-order chi connectivity index (χ1) is 9.20. The van der Waals surface area contributed by atoms with Crippen molar-refractivity contribution in [3.63, 3.8) is 0 Å². The van der Waals surface area contributed by atoms with E-state index in [4.69, 9.17) is 0 Å². The first-order valence-electron chi connectivity index (χ1n) is 6.25. The Balaban J connectivity index is 2.20. The molecule has 0 unspecified atom stereocenters. The number of benzene rings is 1. The molecule has 2 aromatic rings. The van der Waals surface area contributed by atoms with Crippen LogP contribution in [0.15, 0.2) is 47.1 Å². The van der Waals surface area contributed by atoms with Crippen molar-refractivity contribution in [1.82, 2.24) is 10.3 Å². The molecular formula is C15H18BrN3. The van der Waals surface area contributed by atoms with E-state index in [-0.39, 0.29) is 0 Å². The molecule has 19 heavy (non-hydrogen) atoms. The lowest BCUT2D eigenvalue weighted by Gasteiger charge is -2.22. The van der Waals surface area contributed by atoms with E-state index in [0.717, 1.165) is 23.3 Å². The molecule has 1 heterocycles. The SMILES string of the molecule is CNCc1cc(Br)ccc1N(C)Cc1ccccn1. The first-order valence-corrected chi connectivity index (χ1v) is 7.04. The second kappa shape index (κ2) is 6.68. The van der Waals surface area contributed by atoms with E-state index in [1.54, 1.807) is 0 Å². The van der Waals surface area contributed by atoms with Gasteiger partial charge in [-0.15, -0.1) is 0 Å². The fourth-order valence-electron chi connectivity index (χ4n) is 2.08. The molecule has 0 aliphatic heterocycles. The van der Waals surface area contributed by atoms with Gasteiger partial charge >= 0.3 is 0 Å². The molecule has 0 saturated heterocycles. The van der Waals surface area contributed by atoms with Crippen LogP contribution in [0.4, 0.5) is 5.69 Å². The summed E-state index contributed by atoms with van der Waals surface area (Å²) in [5.74, 6) is 0. The van der Waals surface area contributed by atoms with E-state index in [1.807, 2.05) is 31.4 Å². The van der Waals surface area contributed by atoms with Crippen LogP contribution in [0, 0.1) is 0 Å². The molecule has 4 heteroatoms. The van der Waals surface area contributed by atoms with Gasteiger partial charge in [0.25, 0.3) is 0 Å². The van der Waals surface area contributed by atoms with Crippen LogP contribution in [0.25, 0.3) is 0 Å². The smallest absolute Gasteiger partial charge is 0.0598 e. The highest BCUT2D eigenvalue weighted by molar-refractivity contribution is 9.10. The predicted octanol–water partition coefficient (Wildman–Crippen LogP) is 3.20. The van der Waals surface area contributed by atoms with Crippen molar-refractivity contribution in [2.24, 2.45) is 0 Å². The minimum absolute atomic E-state index is 0.805. The van der Waals surface area contributed by atoms with Crippen LogP contribution < -0.4 is 10.2 Å². The molecule has 1 aromatic heterocycles. The van der Waals surface area contributed by atoms with Crippen LogP contribution in [0.3, 0.4) is 0 Å². The van der Waals surface area contributed by atoms with E-state index in [1.165, 1.54) is 11.3 Å². The molecule has 1 N–H and O–H groups in total. The number of rotatable bonds is 5. The second-order valence-corrected chi connectivity index (χ2v) is 5.40. The van der Waals surface area contributed by atoms with E-state index >= 15 is 0 Å². The quantitative estimate of drug-likeness (QED) is 0.917. The molecule has 100 valence electrons. The van der Waals surface area contributed by atoms with Crippen molar-refractivity contribution in [2.75, 3.05) is 19.0 Å². The number of nitrogens with one attached hydrogen (secondary N) is 1. The van der Waals surface area contributed by atoms with Gasteiger partial charge in [-0.05, 0) is 42.9 Å². The zero-order valence-electron chi connectivity index (χ0n) is 11.2. The lowest BCUT2D eigenvalue weighted by atomic mass is 10.1. The molecular weight excluding hydrogens is 302 g/mol. The van der Waals surface area contributed by atoms with Crippen molar-refractivity contribution in [2.45, 2.75) is 13.1 Å². The van der Waals surface area contributed by atoms with Gasteiger partial charge in [-0.3, -0.25) is 4.98 Å². The monoisotopic (exact) mass is 319 g/mol. The summed E-state index contributed by atoms with van der Waals surface area (Å²) in [6.07, 6.45) is 1.83. The Morgan fingerprint density at radius 2 is 2.11 bits per heavy atom. The van der Waals surface area contributed by atoms with Crippen LogP contribution in [0.5, 0.6) is 0 Å². The van der Waals surface area contributed by atoms with Crippen LogP contribution in [0.1, 0.15) is 11.3 Å². The predicted molar refractivity (Wildman–Crippen MR) is 83.2 cm³/mol. The molecule has 0 aliphatic rings. The van der Waals surface area contributed by atoms with E-state index < -0.39 is 0 Å². The van der Waals surface area contributed by atoms with Gasteiger partial charge in [0.15, 0.2) is 0 Å². The Labute approximate surface area is 122 Å². The lowest BCUT2D eigenvalue weighted by molar-refractivity contribution is 0.801. The molecule has 0 saturated carbocycles. The number of hydrogen-bond acceptors (Lipinski definition) is 3. The molecule has 3 nitrogen and oxygen atoms in total. The third kappa shape index (κ3) is 3.78. The maximum Gasteiger partial charge on any atom is 0.0598 e. The highest BCUT2D eigenvalue weighted by Crippen LogP contribution is 2.24. The van der Waals surface area contributed by atoms with E-state index in [0.29, 0.717) is 0 Å². The first kappa shape index (κ1) is 14.0. The Morgan fingerprint density at radius 1 is 1.26 bits per heavy atom. The number of anilines is 1. The zero-order chi connectivity index (χ0) is 13.7. The Bertz CT molecular complexity index is 528.